The molecule has 0 saturated heterocycles. The van der Waals surface area contributed by atoms with Crippen LogP contribution in [0, 0.1) is 15.9 Å². The molecule has 0 bridgehead atoms. The lowest BCUT2D eigenvalue weighted by Crippen LogP contribution is -2.28. The van der Waals surface area contributed by atoms with E-state index in [1.807, 2.05) is 0 Å². The van der Waals surface area contributed by atoms with E-state index in [-0.39, 0.29) is 5.56 Å². The van der Waals surface area contributed by atoms with Gasteiger partial charge in [0, 0.05) is 0 Å². The van der Waals surface area contributed by atoms with Gasteiger partial charge in [-0.15, -0.1) is 0 Å². The van der Waals surface area contributed by atoms with E-state index in [9.17, 15) is 19.3 Å². The third-order valence-corrected chi connectivity index (χ3v) is 2.76. The minimum Gasteiger partial charge on any atom is -0.393 e. The van der Waals surface area contributed by atoms with Gasteiger partial charge < -0.3 is 11.1 Å². The first-order valence-corrected chi connectivity index (χ1v) is 5.79. The first-order chi connectivity index (χ1) is 9.90. The molecule has 0 aliphatic carbocycles. The molecule has 1 unspecified atom stereocenters. The molecule has 110 valence electrons. The number of carbonyl (C=O) groups excluding carboxylic acids is 1. The van der Waals surface area contributed by atoms with Crippen LogP contribution in [0.5, 0.6) is 0 Å². The number of hydrogen-bond acceptors (Lipinski definition) is 6. The highest BCUT2D eigenvalue weighted by Gasteiger charge is 2.23. The van der Waals surface area contributed by atoms with E-state index in [1.54, 1.807) is 6.92 Å². The molecule has 2 rings (SSSR count). The minimum absolute atomic E-state index is 0.312. The van der Waals surface area contributed by atoms with Gasteiger partial charge in [0.1, 0.15) is 23.7 Å². The summed E-state index contributed by atoms with van der Waals surface area (Å²) in [5.74, 6) is -1.29. The first-order valence-electron chi connectivity index (χ1n) is 5.79. The van der Waals surface area contributed by atoms with Crippen LogP contribution in [-0.2, 0) is 0 Å². The number of nitro benzene ring substituents is 1. The number of H-pyrrole nitrogens is 1. The number of halogens is 1. The lowest BCUT2D eigenvalue weighted by Gasteiger charge is -2.12. The Morgan fingerprint density at radius 2 is 2.29 bits per heavy atom. The van der Waals surface area contributed by atoms with Crippen LogP contribution >= 0.6 is 0 Å². The van der Waals surface area contributed by atoms with Crippen molar-refractivity contribution in [2.45, 2.75) is 13.0 Å². The van der Waals surface area contributed by atoms with Gasteiger partial charge in [-0.25, -0.2) is 9.37 Å². The van der Waals surface area contributed by atoms with Gasteiger partial charge in [-0.1, -0.05) is 0 Å². The summed E-state index contributed by atoms with van der Waals surface area (Å²) in [7, 11) is 0. The van der Waals surface area contributed by atoms with Gasteiger partial charge in [0.25, 0.3) is 11.6 Å². The number of rotatable bonds is 4. The van der Waals surface area contributed by atoms with Crippen molar-refractivity contribution >= 4 is 17.3 Å². The van der Waals surface area contributed by atoms with Gasteiger partial charge in [0.05, 0.1) is 22.6 Å². The van der Waals surface area contributed by atoms with Crippen molar-refractivity contribution < 1.29 is 14.1 Å². The fourth-order valence-electron chi connectivity index (χ4n) is 1.71. The van der Waals surface area contributed by atoms with Gasteiger partial charge in [0.15, 0.2) is 0 Å². The van der Waals surface area contributed by atoms with E-state index in [1.165, 1.54) is 6.33 Å². The molecule has 1 aromatic carbocycles. The fraction of sp³-hybridized carbons (Fsp3) is 0.182. The van der Waals surface area contributed by atoms with E-state index in [2.05, 4.69) is 20.5 Å². The third kappa shape index (κ3) is 2.94. The molecule has 0 saturated carbocycles. The number of nitrogen functional groups attached to an aromatic ring is 1. The fourth-order valence-corrected chi connectivity index (χ4v) is 1.71. The zero-order valence-corrected chi connectivity index (χ0v) is 10.8. The van der Waals surface area contributed by atoms with Crippen LogP contribution in [0.4, 0.5) is 15.8 Å². The highest BCUT2D eigenvalue weighted by molar-refractivity contribution is 6.01. The molecular formula is C11H11FN6O3. The number of amides is 1. The highest BCUT2D eigenvalue weighted by Crippen LogP contribution is 2.27. The van der Waals surface area contributed by atoms with Crippen molar-refractivity contribution in [3.05, 3.63) is 45.8 Å². The van der Waals surface area contributed by atoms with Crippen LogP contribution in [0.25, 0.3) is 0 Å². The number of nitro groups is 1. The lowest BCUT2D eigenvalue weighted by atomic mass is 10.1. The maximum Gasteiger partial charge on any atom is 0.295 e. The maximum absolute atomic E-state index is 13.4. The topological polar surface area (TPSA) is 140 Å². The molecule has 21 heavy (non-hydrogen) atoms. The molecule has 4 N–H and O–H groups in total. The normalized spacial score (nSPS) is 11.9. The van der Waals surface area contributed by atoms with E-state index in [0.717, 1.165) is 6.07 Å². The Kier molecular flexibility index (Phi) is 3.78. The second kappa shape index (κ2) is 5.53. The number of carbonyl (C=O) groups is 1. The Balaban J connectivity index is 2.29. The Bertz CT molecular complexity index is 688. The lowest BCUT2D eigenvalue weighted by molar-refractivity contribution is -0.384. The summed E-state index contributed by atoms with van der Waals surface area (Å²) in [6.07, 6.45) is 1.26. The van der Waals surface area contributed by atoms with Crippen molar-refractivity contribution in [3.8, 4) is 0 Å². The van der Waals surface area contributed by atoms with E-state index < -0.39 is 34.1 Å². The second-order valence-electron chi connectivity index (χ2n) is 4.21. The number of aromatic nitrogens is 3. The standard InChI is InChI=1S/C11H11FN6O3/c1-5(10-14-4-15-17-10)16-11(19)7-2-6(12)3-8(9(7)13)18(20)21/h2-5H,13H2,1H3,(H,16,19)(H,14,15,17). The quantitative estimate of drug-likeness (QED) is 0.435. The van der Waals surface area contributed by atoms with Crippen molar-refractivity contribution in [1.29, 1.82) is 0 Å². The zero-order valence-electron chi connectivity index (χ0n) is 10.8. The molecule has 1 heterocycles. The van der Waals surface area contributed by atoms with E-state index in [0.29, 0.717) is 11.9 Å². The van der Waals surface area contributed by atoms with E-state index in [4.69, 9.17) is 5.73 Å². The van der Waals surface area contributed by atoms with Crippen molar-refractivity contribution in [2.75, 3.05) is 5.73 Å². The van der Waals surface area contributed by atoms with Crippen molar-refractivity contribution in [3.63, 3.8) is 0 Å². The number of aromatic amines is 1. The summed E-state index contributed by atoms with van der Waals surface area (Å²) in [5.41, 5.74) is 4.17. The van der Waals surface area contributed by atoms with Gasteiger partial charge in [-0.05, 0) is 13.0 Å². The Hall–Kier alpha value is -3.04. The third-order valence-electron chi connectivity index (χ3n) is 2.76. The molecule has 9 nitrogen and oxygen atoms in total. The Morgan fingerprint density at radius 3 is 2.86 bits per heavy atom. The van der Waals surface area contributed by atoms with Gasteiger partial charge in [0.2, 0.25) is 0 Å². The minimum atomic E-state index is -0.923. The molecular weight excluding hydrogens is 283 g/mol. The number of nitrogens with two attached hydrogens (primary N) is 1. The molecule has 0 spiro atoms. The van der Waals surface area contributed by atoms with Gasteiger partial charge in [-0.3, -0.25) is 20.0 Å². The molecule has 10 heteroatoms. The molecule has 0 aliphatic heterocycles. The summed E-state index contributed by atoms with van der Waals surface area (Å²) in [6, 6.07) is 0.943. The molecule has 1 amide bonds. The predicted molar refractivity (Wildman–Crippen MR) is 69.7 cm³/mol. The van der Waals surface area contributed by atoms with Crippen LogP contribution < -0.4 is 11.1 Å². The predicted octanol–water partition coefficient (Wildman–Crippen LogP) is 0.925. The zero-order chi connectivity index (χ0) is 15.6. The van der Waals surface area contributed by atoms with Crippen LogP contribution in [0.3, 0.4) is 0 Å². The van der Waals surface area contributed by atoms with Crippen LogP contribution in [0.15, 0.2) is 18.5 Å². The highest BCUT2D eigenvalue weighted by atomic mass is 19.1. The number of nitrogens with one attached hydrogen (secondary N) is 2. The number of anilines is 1. The van der Waals surface area contributed by atoms with Gasteiger partial charge >= 0.3 is 0 Å². The molecule has 0 radical (unpaired) electrons. The second-order valence-corrected chi connectivity index (χ2v) is 4.21. The van der Waals surface area contributed by atoms with Crippen molar-refractivity contribution in [2.24, 2.45) is 0 Å². The first kappa shape index (κ1) is 14.4. The number of hydrogen-bond donors (Lipinski definition) is 3. The summed E-state index contributed by atoms with van der Waals surface area (Å²) in [5, 5.41) is 19.4. The summed E-state index contributed by atoms with van der Waals surface area (Å²) in [4.78, 5) is 25.8. The van der Waals surface area contributed by atoms with Crippen LogP contribution in [-0.4, -0.2) is 26.0 Å². The smallest absolute Gasteiger partial charge is 0.295 e. The SMILES string of the molecule is CC(NC(=O)c1cc(F)cc([N+](=O)[O-])c1N)c1ncn[nH]1. The molecule has 0 aliphatic rings. The van der Waals surface area contributed by atoms with Crippen molar-refractivity contribution in [1.82, 2.24) is 20.5 Å². The molecule has 2 aromatic rings. The summed E-state index contributed by atoms with van der Waals surface area (Å²) < 4.78 is 13.4. The molecule has 1 atom stereocenters. The van der Waals surface area contributed by atoms with Crippen LogP contribution in [0.2, 0.25) is 0 Å². The average Bonchev–Trinajstić information content (AvgIpc) is 2.94. The Labute approximate surface area is 117 Å². The van der Waals surface area contributed by atoms with E-state index >= 15 is 0 Å². The summed E-state index contributed by atoms with van der Waals surface area (Å²) in [6.45, 7) is 1.61. The summed E-state index contributed by atoms with van der Waals surface area (Å²) >= 11 is 0. The Morgan fingerprint density at radius 1 is 1.57 bits per heavy atom. The van der Waals surface area contributed by atoms with Gasteiger partial charge in [-0.2, -0.15) is 5.10 Å². The monoisotopic (exact) mass is 294 g/mol. The average molecular weight is 294 g/mol. The number of nitrogens with zero attached hydrogens (tertiary/aromatic N) is 3. The number of benzene rings is 1. The maximum atomic E-state index is 13.4. The molecule has 0 fully saturated rings. The largest absolute Gasteiger partial charge is 0.393 e. The van der Waals surface area contributed by atoms with Crippen LogP contribution in [0.1, 0.15) is 29.1 Å². The molecule has 1 aromatic heterocycles.